The third-order valence-electron chi connectivity index (χ3n) is 2.43. The lowest BCUT2D eigenvalue weighted by Gasteiger charge is -2.10. The number of nitrogens with zero attached hydrogens (tertiary/aromatic N) is 1. The van der Waals surface area contributed by atoms with Gasteiger partial charge in [-0.25, -0.2) is 0 Å². The molecule has 0 saturated heterocycles. The number of carbonyl (C=O) groups excluding carboxylic acids is 1. The molecule has 0 saturated carbocycles. The highest BCUT2D eigenvalue weighted by molar-refractivity contribution is 6.31. The van der Waals surface area contributed by atoms with Crippen LogP contribution in [0, 0.1) is 0 Å². The van der Waals surface area contributed by atoms with E-state index in [0.29, 0.717) is 0 Å². The van der Waals surface area contributed by atoms with Gasteiger partial charge in [-0.05, 0) is 30.3 Å². The van der Waals surface area contributed by atoms with Crippen molar-refractivity contribution in [2.24, 2.45) is 0 Å². The number of hydrogen-bond acceptors (Lipinski definition) is 2. The molecule has 0 N–H and O–H groups in total. The zero-order valence-corrected chi connectivity index (χ0v) is 10.2. The van der Waals surface area contributed by atoms with Gasteiger partial charge in [0.2, 0.25) is 5.78 Å². The first-order valence-corrected chi connectivity index (χ1v) is 5.60. The van der Waals surface area contributed by atoms with Crippen LogP contribution >= 0.6 is 11.6 Å². The van der Waals surface area contributed by atoms with Crippen molar-refractivity contribution < 1.29 is 18.0 Å². The van der Waals surface area contributed by atoms with Crippen LogP contribution in [-0.4, -0.2) is 10.8 Å². The highest BCUT2D eigenvalue weighted by atomic mass is 35.5. The number of pyridine rings is 1. The summed E-state index contributed by atoms with van der Waals surface area (Å²) in [5, 5.41) is -0.440. The van der Waals surface area contributed by atoms with Gasteiger partial charge in [-0.2, -0.15) is 13.2 Å². The minimum absolute atomic E-state index is 0.0814. The molecule has 2 nitrogen and oxygen atoms in total. The van der Waals surface area contributed by atoms with Gasteiger partial charge in [0.25, 0.3) is 0 Å². The number of hydrogen-bond donors (Lipinski definition) is 0. The van der Waals surface area contributed by atoms with E-state index in [1.54, 1.807) is 12.1 Å². The normalized spacial score (nSPS) is 11.4. The van der Waals surface area contributed by atoms with Crippen LogP contribution in [0.25, 0.3) is 0 Å². The molecule has 0 aliphatic heterocycles. The fraction of sp³-hybridized carbons (Fsp3) is 0.0769. The molecule has 0 fully saturated rings. The molecule has 98 valence electrons. The van der Waals surface area contributed by atoms with Gasteiger partial charge in [0, 0.05) is 11.8 Å². The number of ketones is 1. The summed E-state index contributed by atoms with van der Waals surface area (Å²) in [6.07, 6.45) is -3.20. The third-order valence-corrected chi connectivity index (χ3v) is 2.76. The Morgan fingerprint density at radius 2 is 1.89 bits per heavy atom. The van der Waals surface area contributed by atoms with E-state index in [-0.39, 0.29) is 11.3 Å². The van der Waals surface area contributed by atoms with Crippen molar-refractivity contribution in [3.05, 3.63) is 64.4 Å². The second-order valence-corrected chi connectivity index (χ2v) is 4.14. The maximum Gasteiger partial charge on any atom is 0.417 e. The van der Waals surface area contributed by atoms with E-state index in [0.717, 1.165) is 12.1 Å². The third kappa shape index (κ3) is 2.93. The Bertz CT molecular complexity index is 611. The summed E-state index contributed by atoms with van der Waals surface area (Å²) in [5.41, 5.74) is -1.05. The zero-order chi connectivity index (χ0) is 14.0. The summed E-state index contributed by atoms with van der Waals surface area (Å²) in [7, 11) is 0. The van der Waals surface area contributed by atoms with Gasteiger partial charge < -0.3 is 0 Å². The van der Waals surface area contributed by atoms with E-state index >= 15 is 0 Å². The molecule has 0 bridgehead atoms. The van der Waals surface area contributed by atoms with E-state index < -0.39 is 22.5 Å². The van der Waals surface area contributed by atoms with Gasteiger partial charge in [-0.1, -0.05) is 17.7 Å². The second kappa shape index (κ2) is 5.01. The van der Waals surface area contributed by atoms with Crippen LogP contribution in [0.3, 0.4) is 0 Å². The van der Waals surface area contributed by atoms with Crippen LogP contribution in [0.1, 0.15) is 21.6 Å². The van der Waals surface area contributed by atoms with Crippen LogP contribution in [-0.2, 0) is 6.18 Å². The summed E-state index contributed by atoms with van der Waals surface area (Å²) in [5.74, 6) is -0.581. The molecule has 0 radical (unpaired) electrons. The first kappa shape index (κ1) is 13.5. The quantitative estimate of drug-likeness (QED) is 0.781. The molecule has 0 unspecified atom stereocenters. The Labute approximate surface area is 111 Å². The van der Waals surface area contributed by atoms with Crippen molar-refractivity contribution in [2.75, 3.05) is 0 Å². The smallest absolute Gasteiger partial charge is 0.287 e. The van der Waals surface area contributed by atoms with Crippen LogP contribution < -0.4 is 0 Å². The van der Waals surface area contributed by atoms with Crippen LogP contribution in [0.4, 0.5) is 13.2 Å². The van der Waals surface area contributed by atoms with Gasteiger partial charge >= 0.3 is 6.18 Å². The average Bonchev–Trinajstić information content (AvgIpc) is 2.38. The molecular formula is C13H7ClF3NO. The Hall–Kier alpha value is -1.88. The number of alkyl halides is 3. The Morgan fingerprint density at radius 3 is 2.47 bits per heavy atom. The molecule has 19 heavy (non-hydrogen) atoms. The van der Waals surface area contributed by atoms with E-state index in [2.05, 4.69) is 4.98 Å². The molecular weight excluding hydrogens is 279 g/mol. The topological polar surface area (TPSA) is 30.0 Å². The molecule has 2 aromatic rings. The van der Waals surface area contributed by atoms with Gasteiger partial charge in [0.15, 0.2) is 0 Å². The van der Waals surface area contributed by atoms with Crippen molar-refractivity contribution in [1.29, 1.82) is 0 Å². The van der Waals surface area contributed by atoms with Gasteiger partial charge in [-0.15, -0.1) is 0 Å². The summed E-state index contributed by atoms with van der Waals surface area (Å²) >= 11 is 5.48. The monoisotopic (exact) mass is 285 g/mol. The molecule has 2 rings (SSSR count). The average molecular weight is 286 g/mol. The van der Waals surface area contributed by atoms with Crippen molar-refractivity contribution in [2.45, 2.75) is 6.18 Å². The number of halogens is 4. The second-order valence-electron chi connectivity index (χ2n) is 3.74. The lowest BCUT2D eigenvalue weighted by Crippen LogP contribution is -2.09. The molecule has 1 heterocycles. The predicted octanol–water partition coefficient (Wildman–Crippen LogP) is 3.98. The zero-order valence-electron chi connectivity index (χ0n) is 9.41. The molecule has 0 aliphatic carbocycles. The van der Waals surface area contributed by atoms with Crippen LogP contribution in [0.2, 0.25) is 5.02 Å². The van der Waals surface area contributed by atoms with E-state index in [4.69, 9.17) is 11.6 Å². The van der Waals surface area contributed by atoms with Crippen molar-refractivity contribution in [3.63, 3.8) is 0 Å². The van der Waals surface area contributed by atoms with E-state index in [1.807, 2.05) is 0 Å². The van der Waals surface area contributed by atoms with Crippen molar-refractivity contribution in [3.8, 4) is 0 Å². The fourth-order valence-electron chi connectivity index (χ4n) is 1.53. The van der Waals surface area contributed by atoms with Crippen molar-refractivity contribution >= 4 is 17.4 Å². The van der Waals surface area contributed by atoms with Gasteiger partial charge in [0.1, 0.15) is 5.69 Å². The largest absolute Gasteiger partial charge is 0.417 e. The van der Waals surface area contributed by atoms with Crippen molar-refractivity contribution in [1.82, 2.24) is 4.98 Å². The first-order valence-electron chi connectivity index (χ1n) is 5.22. The Balaban J connectivity index is 2.45. The van der Waals surface area contributed by atoms with Gasteiger partial charge in [0.05, 0.1) is 10.6 Å². The summed E-state index contributed by atoms with van der Waals surface area (Å²) in [6.45, 7) is 0. The standard InChI is InChI=1S/C13H7ClF3NO/c14-10-5-4-8(7-9(10)13(15,16)17)12(19)11-3-1-2-6-18-11/h1-7H. The summed E-state index contributed by atoms with van der Waals surface area (Å²) in [4.78, 5) is 15.8. The molecule has 0 amide bonds. The maximum absolute atomic E-state index is 12.7. The number of carbonyl (C=O) groups is 1. The maximum atomic E-state index is 12.7. The Morgan fingerprint density at radius 1 is 1.16 bits per heavy atom. The van der Waals surface area contributed by atoms with E-state index in [1.165, 1.54) is 18.3 Å². The number of rotatable bonds is 2. The predicted molar refractivity (Wildman–Crippen MR) is 64.1 cm³/mol. The van der Waals surface area contributed by atoms with Crippen LogP contribution in [0.5, 0.6) is 0 Å². The summed E-state index contributed by atoms with van der Waals surface area (Å²) in [6, 6.07) is 7.67. The number of aromatic nitrogens is 1. The molecule has 0 aliphatic rings. The first-order chi connectivity index (χ1) is 8.89. The summed E-state index contributed by atoms with van der Waals surface area (Å²) < 4.78 is 38.0. The molecule has 6 heteroatoms. The van der Waals surface area contributed by atoms with E-state index in [9.17, 15) is 18.0 Å². The molecule has 1 aromatic carbocycles. The Kier molecular flexibility index (Phi) is 3.57. The molecule has 0 spiro atoms. The van der Waals surface area contributed by atoms with Gasteiger partial charge in [-0.3, -0.25) is 9.78 Å². The highest BCUT2D eigenvalue weighted by Gasteiger charge is 2.33. The minimum Gasteiger partial charge on any atom is -0.287 e. The lowest BCUT2D eigenvalue weighted by molar-refractivity contribution is -0.137. The number of benzene rings is 1. The SMILES string of the molecule is O=C(c1ccc(Cl)c(C(F)(F)F)c1)c1ccccn1. The van der Waals surface area contributed by atoms with Crippen LogP contribution in [0.15, 0.2) is 42.6 Å². The molecule has 1 aromatic heterocycles. The minimum atomic E-state index is -4.60. The highest BCUT2D eigenvalue weighted by Crippen LogP contribution is 2.35. The fourth-order valence-corrected chi connectivity index (χ4v) is 1.75. The lowest BCUT2D eigenvalue weighted by atomic mass is 10.0. The molecule has 0 atom stereocenters.